The number of benzene rings is 2. The number of amides is 1. The SMILES string of the molecule is COc1ccc(C(=O)NNc2nnc(Cc3ccc(C(F)(F)F)cc3)s2)cc1. The van der Waals surface area contributed by atoms with Crippen molar-refractivity contribution in [1.82, 2.24) is 15.6 Å². The van der Waals surface area contributed by atoms with Gasteiger partial charge in [-0.15, -0.1) is 10.2 Å². The normalized spacial score (nSPS) is 11.1. The van der Waals surface area contributed by atoms with Crippen molar-refractivity contribution in [2.45, 2.75) is 12.6 Å². The lowest BCUT2D eigenvalue weighted by Crippen LogP contribution is -2.29. The molecule has 0 aliphatic rings. The minimum atomic E-state index is -4.36. The van der Waals surface area contributed by atoms with E-state index in [1.54, 1.807) is 24.3 Å². The second kappa shape index (κ2) is 8.26. The lowest BCUT2D eigenvalue weighted by molar-refractivity contribution is -0.137. The highest BCUT2D eigenvalue weighted by molar-refractivity contribution is 7.15. The summed E-state index contributed by atoms with van der Waals surface area (Å²) in [5, 5.41) is 8.84. The molecule has 10 heteroatoms. The van der Waals surface area contributed by atoms with Crippen LogP contribution in [0.5, 0.6) is 5.75 Å². The Morgan fingerprint density at radius 3 is 2.36 bits per heavy atom. The van der Waals surface area contributed by atoms with Crippen molar-refractivity contribution in [2.24, 2.45) is 0 Å². The van der Waals surface area contributed by atoms with E-state index in [1.807, 2.05) is 0 Å². The van der Waals surface area contributed by atoms with Crippen molar-refractivity contribution in [1.29, 1.82) is 0 Å². The Morgan fingerprint density at radius 2 is 1.75 bits per heavy atom. The first-order valence-corrected chi connectivity index (χ1v) is 8.86. The van der Waals surface area contributed by atoms with E-state index in [9.17, 15) is 18.0 Å². The van der Waals surface area contributed by atoms with Crippen molar-refractivity contribution >= 4 is 22.4 Å². The zero-order valence-corrected chi connectivity index (χ0v) is 15.4. The van der Waals surface area contributed by atoms with Gasteiger partial charge in [0.25, 0.3) is 5.91 Å². The van der Waals surface area contributed by atoms with Gasteiger partial charge in [0.2, 0.25) is 5.13 Å². The quantitative estimate of drug-likeness (QED) is 0.605. The summed E-state index contributed by atoms with van der Waals surface area (Å²) in [6.07, 6.45) is -4.02. The van der Waals surface area contributed by atoms with Crippen LogP contribution in [0.25, 0.3) is 0 Å². The largest absolute Gasteiger partial charge is 0.497 e. The van der Waals surface area contributed by atoms with Gasteiger partial charge in [-0.25, -0.2) is 0 Å². The number of ether oxygens (including phenoxy) is 1. The van der Waals surface area contributed by atoms with Gasteiger partial charge in [0, 0.05) is 12.0 Å². The smallest absolute Gasteiger partial charge is 0.416 e. The molecule has 0 aliphatic heterocycles. The van der Waals surface area contributed by atoms with Crippen molar-refractivity contribution in [3.05, 3.63) is 70.2 Å². The van der Waals surface area contributed by atoms with Crippen molar-refractivity contribution in [3.63, 3.8) is 0 Å². The fourth-order valence-electron chi connectivity index (χ4n) is 2.29. The summed E-state index contributed by atoms with van der Waals surface area (Å²) in [5.74, 6) is 0.281. The maximum atomic E-state index is 12.6. The number of carbonyl (C=O) groups is 1. The molecule has 2 aromatic carbocycles. The van der Waals surface area contributed by atoms with E-state index < -0.39 is 11.7 Å². The number of carbonyl (C=O) groups excluding carboxylic acids is 1. The average Bonchev–Trinajstić information content (AvgIpc) is 3.13. The lowest BCUT2D eigenvalue weighted by Gasteiger charge is -2.06. The lowest BCUT2D eigenvalue weighted by atomic mass is 10.1. The Labute approximate surface area is 162 Å². The van der Waals surface area contributed by atoms with Crippen LogP contribution >= 0.6 is 11.3 Å². The fraction of sp³-hybridized carbons (Fsp3) is 0.167. The third-order valence-electron chi connectivity index (χ3n) is 3.74. The van der Waals surface area contributed by atoms with Gasteiger partial charge < -0.3 is 4.74 Å². The van der Waals surface area contributed by atoms with Gasteiger partial charge in [0.1, 0.15) is 10.8 Å². The van der Waals surface area contributed by atoms with Crippen LogP contribution in [0.15, 0.2) is 48.5 Å². The summed E-state index contributed by atoms with van der Waals surface area (Å²) in [6.45, 7) is 0. The van der Waals surface area contributed by atoms with Crippen LogP contribution in [-0.2, 0) is 12.6 Å². The van der Waals surface area contributed by atoms with Gasteiger partial charge >= 0.3 is 6.18 Å². The van der Waals surface area contributed by atoms with Crippen LogP contribution in [0.4, 0.5) is 18.3 Å². The summed E-state index contributed by atoms with van der Waals surface area (Å²) < 4.78 is 42.8. The molecule has 0 spiro atoms. The molecule has 0 atom stereocenters. The summed E-state index contributed by atoms with van der Waals surface area (Å²) in [4.78, 5) is 12.1. The molecule has 146 valence electrons. The zero-order chi connectivity index (χ0) is 20.1. The molecular weight excluding hydrogens is 393 g/mol. The number of anilines is 1. The summed E-state index contributed by atoms with van der Waals surface area (Å²) in [7, 11) is 1.54. The minimum Gasteiger partial charge on any atom is -0.497 e. The molecule has 0 saturated heterocycles. The van der Waals surface area contributed by atoms with Gasteiger partial charge in [-0.05, 0) is 42.0 Å². The number of methoxy groups -OCH3 is 1. The van der Waals surface area contributed by atoms with Crippen LogP contribution in [0.2, 0.25) is 0 Å². The molecule has 0 aliphatic carbocycles. The predicted molar refractivity (Wildman–Crippen MR) is 98.2 cm³/mol. The monoisotopic (exact) mass is 408 g/mol. The number of nitrogens with zero attached hydrogens (tertiary/aromatic N) is 2. The number of hydrogen-bond donors (Lipinski definition) is 2. The number of rotatable bonds is 6. The van der Waals surface area contributed by atoms with Crippen LogP contribution < -0.4 is 15.6 Å². The van der Waals surface area contributed by atoms with E-state index >= 15 is 0 Å². The van der Waals surface area contributed by atoms with E-state index in [1.165, 1.54) is 30.6 Å². The number of nitrogens with one attached hydrogen (secondary N) is 2. The molecule has 0 unspecified atom stereocenters. The van der Waals surface area contributed by atoms with Crippen molar-refractivity contribution in [2.75, 3.05) is 12.5 Å². The van der Waals surface area contributed by atoms with Gasteiger partial charge in [-0.2, -0.15) is 13.2 Å². The molecule has 3 aromatic rings. The van der Waals surface area contributed by atoms with E-state index in [2.05, 4.69) is 21.0 Å². The molecule has 1 amide bonds. The van der Waals surface area contributed by atoms with Crippen LogP contribution in [-0.4, -0.2) is 23.2 Å². The Morgan fingerprint density at radius 1 is 1.07 bits per heavy atom. The molecule has 2 N–H and O–H groups in total. The molecule has 28 heavy (non-hydrogen) atoms. The Bertz CT molecular complexity index is 941. The van der Waals surface area contributed by atoms with E-state index in [4.69, 9.17) is 4.74 Å². The number of hydrazine groups is 1. The molecule has 0 bridgehead atoms. The number of hydrogen-bond acceptors (Lipinski definition) is 6. The molecule has 1 aromatic heterocycles. The minimum absolute atomic E-state index is 0.337. The van der Waals surface area contributed by atoms with Gasteiger partial charge in [0.15, 0.2) is 0 Å². The van der Waals surface area contributed by atoms with Crippen LogP contribution in [0, 0.1) is 0 Å². The van der Waals surface area contributed by atoms with Crippen LogP contribution in [0.1, 0.15) is 26.5 Å². The topological polar surface area (TPSA) is 76.1 Å². The Balaban J connectivity index is 1.55. The summed E-state index contributed by atoms with van der Waals surface area (Å²) >= 11 is 1.19. The van der Waals surface area contributed by atoms with Gasteiger partial charge in [0.05, 0.1) is 12.7 Å². The molecular formula is C18H15F3N4O2S. The first-order chi connectivity index (χ1) is 13.3. The maximum absolute atomic E-state index is 12.6. The van der Waals surface area contributed by atoms with Crippen molar-refractivity contribution in [3.8, 4) is 5.75 Å². The molecule has 0 radical (unpaired) electrons. The highest BCUT2D eigenvalue weighted by Gasteiger charge is 2.29. The number of halogens is 3. The third kappa shape index (κ3) is 4.97. The third-order valence-corrected chi connectivity index (χ3v) is 4.58. The molecule has 0 saturated carbocycles. The van der Waals surface area contributed by atoms with E-state index in [0.29, 0.717) is 33.4 Å². The zero-order valence-electron chi connectivity index (χ0n) is 14.6. The highest BCUT2D eigenvalue weighted by Crippen LogP contribution is 2.29. The number of alkyl halides is 3. The molecule has 6 nitrogen and oxygen atoms in total. The number of aromatic nitrogens is 2. The molecule has 3 rings (SSSR count). The standard InChI is InChI=1S/C18H15F3N4O2S/c1-27-14-8-4-12(5-9-14)16(26)23-25-17-24-22-15(28-17)10-11-2-6-13(7-3-11)18(19,20)21/h2-9H,10H2,1H3,(H,23,26)(H,24,25). The van der Waals surface area contributed by atoms with Crippen LogP contribution in [0.3, 0.4) is 0 Å². The first-order valence-electron chi connectivity index (χ1n) is 8.04. The second-order valence-electron chi connectivity index (χ2n) is 5.68. The summed E-state index contributed by atoms with van der Waals surface area (Å²) in [6, 6.07) is 11.4. The predicted octanol–water partition coefficient (Wildman–Crippen LogP) is 3.91. The average molecular weight is 408 g/mol. The second-order valence-corrected chi connectivity index (χ2v) is 6.74. The first kappa shape index (κ1) is 19.6. The van der Waals surface area contributed by atoms with Gasteiger partial charge in [-0.3, -0.25) is 15.6 Å². The summed E-state index contributed by atoms with van der Waals surface area (Å²) in [5.41, 5.74) is 5.59. The van der Waals surface area contributed by atoms with Crippen molar-refractivity contribution < 1.29 is 22.7 Å². The Hall–Kier alpha value is -3.14. The highest BCUT2D eigenvalue weighted by atomic mass is 32.1. The van der Waals surface area contributed by atoms with E-state index in [0.717, 1.165) is 12.1 Å². The Kier molecular flexibility index (Phi) is 5.78. The molecule has 0 fully saturated rings. The maximum Gasteiger partial charge on any atom is 0.416 e. The molecule has 1 heterocycles. The van der Waals surface area contributed by atoms with E-state index in [-0.39, 0.29) is 5.91 Å². The van der Waals surface area contributed by atoms with Gasteiger partial charge in [-0.1, -0.05) is 23.5 Å². The fourth-order valence-corrected chi connectivity index (χ4v) is 3.01.